The average molecular weight is 318 g/mol. The number of nitro benzene ring substituents is 1. The zero-order valence-electron chi connectivity index (χ0n) is 12.0. The lowest BCUT2D eigenvalue weighted by Crippen LogP contribution is -2.25. The van der Waals surface area contributed by atoms with Crippen LogP contribution in [0.4, 0.5) is 10.1 Å². The van der Waals surface area contributed by atoms with E-state index in [2.05, 4.69) is 18.6 Å². The Labute approximate surface area is 123 Å². The highest BCUT2D eigenvalue weighted by atomic mass is 32.2. The molecule has 1 rings (SSSR count). The largest absolute Gasteiger partial charge is 0.324 e. The first-order valence-electron chi connectivity index (χ1n) is 6.68. The molecule has 0 atom stereocenters. The fourth-order valence-electron chi connectivity index (χ4n) is 1.85. The number of nitro groups is 1. The summed E-state index contributed by atoms with van der Waals surface area (Å²) in [5.41, 5.74) is -1.02. The minimum absolute atomic E-state index is 0.169. The van der Waals surface area contributed by atoms with Crippen molar-refractivity contribution in [3.05, 3.63) is 34.1 Å². The maximum absolute atomic E-state index is 13.4. The molecule has 1 aromatic carbocycles. The molecule has 0 spiro atoms. The summed E-state index contributed by atoms with van der Waals surface area (Å²) in [5, 5.41) is 10.8. The molecule has 118 valence electrons. The van der Waals surface area contributed by atoms with Gasteiger partial charge in [-0.1, -0.05) is 32.8 Å². The number of nitrogens with one attached hydrogen (secondary N) is 1. The molecule has 0 aliphatic carbocycles. The van der Waals surface area contributed by atoms with Gasteiger partial charge < -0.3 is 0 Å². The van der Waals surface area contributed by atoms with Crippen LogP contribution in [0.1, 0.15) is 33.1 Å². The Balaban J connectivity index is 2.80. The van der Waals surface area contributed by atoms with E-state index in [0.717, 1.165) is 31.0 Å². The standard InChI is InChI=1S/C13H19FN2O4S/c1-10(2)6-3-4-9-15-21(19,20)12-8-5-7-11(14)13(12)16(17)18/h5,7-8,10,15H,3-4,6,9H2,1-2H3. The van der Waals surface area contributed by atoms with E-state index in [9.17, 15) is 22.9 Å². The van der Waals surface area contributed by atoms with Crippen LogP contribution in [0.5, 0.6) is 0 Å². The van der Waals surface area contributed by atoms with Crippen LogP contribution >= 0.6 is 0 Å². The summed E-state index contributed by atoms with van der Waals surface area (Å²) in [5.74, 6) is -0.631. The van der Waals surface area contributed by atoms with Crippen molar-refractivity contribution in [3.63, 3.8) is 0 Å². The molecule has 0 saturated carbocycles. The van der Waals surface area contributed by atoms with Crippen molar-refractivity contribution in [2.24, 2.45) is 5.92 Å². The van der Waals surface area contributed by atoms with Crippen molar-refractivity contribution in [1.82, 2.24) is 4.72 Å². The highest BCUT2D eigenvalue weighted by molar-refractivity contribution is 7.89. The zero-order valence-corrected chi connectivity index (χ0v) is 12.8. The summed E-state index contributed by atoms with van der Waals surface area (Å²) in [7, 11) is -4.09. The van der Waals surface area contributed by atoms with Gasteiger partial charge >= 0.3 is 5.69 Å². The molecule has 0 aliphatic rings. The average Bonchev–Trinajstić information content (AvgIpc) is 2.37. The monoisotopic (exact) mass is 318 g/mol. The third-order valence-corrected chi connectivity index (χ3v) is 4.41. The first kappa shape index (κ1) is 17.5. The second-order valence-electron chi connectivity index (χ2n) is 5.13. The Kier molecular flexibility index (Phi) is 6.22. The predicted molar refractivity (Wildman–Crippen MR) is 76.9 cm³/mol. The third-order valence-electron chi connectivity index (χ3n) is 2.92. The highest BCUT2D eigenvalue weighted by Crippen LogP contribution is 2.26. The molecule has 0 saturated heterocycles. The molecule has 0 fully saturated rings. The molecular weight excluding hydrogens is 299 g/mol. The van der Waals surface area contributed by atoms with Crippen molar-refractivity contribution in [1.29, 1.82) is 0 Å². The summed E-state index contributed by atoms with van der Waals surface area (Å²) < 4.78 is 39.8. The Morgan fingerprint density at radius 1 is 1.33 bits per heavy atom. The van der Waals surface area contributed by atoms with Gasteiger partial charge in [0, 0.05) is 6.54 Å². The smallest absolute Gasteiger partial charge is 0.258 e. The van der Waals surface area contributed by atoms with Gasteiger partial charge in [-0.15, -0.1) is 0 Å². The van der Waals surface area contributed by atoms with Gasteiger partial charge in [0.05, 0.1) is 4.92 Å². The minimum Gasteiger partial charge on any atom is -0.258 e. The summed E-state index contributed by atoms with van der Waals surface area (Å²) in [6, 6.07) is 3.02. The van der Waals surface area contributed by atoms with Crippen LogP contribution in [0.15, 0.2) is 23.1 Å². The first-order chi connectivity index (χ1) is 9.75. The van der Waals surface area contributed by atoms with Gasteiger partial charge in [0.25, 0.3) is 0 Å². The number of unbranched alkanes of at least 4 members (excludes halogenated alkanes) is 1. The topological polar surface area (TPSA) is 89.3 Å². The fraction of sp³-hybridized carbons (Fsp3) is 0.538. The number of rotatable bonds is 8. The lowest BCUT2D eigenvalue weighted by atomic mass is 10.1. The van der Waals surface area contributed by atoms with Crippen LogP contribution in [-0.2, 0) is 10.0 Å². The maximum atomic E-state index is 13.4. The van der Waals surface area contributed by atoms with Gasteiger partial charge in [0.2, 0.25) is 15.8 Å². The molecule has 0 radical (unpaired) electrons. The van der Waals surface area contributed by atoms with Crippen LogP contribution < -0.4 is 4.72 Å². The molecule has 0 bridgehead atoms. The zero-order chi connectivity index (χ0) is 16.0. The molecule has 1 N–H and O–H groups in total. The van der Waals surface area contributed by atoms with Crippen molar-refractivity contribution in [3.8, 4) is 0 Å². The number of hydrogen-bond donors (Lipinski definition) is 1. The summed E-state index contributed by atoms with van der Waals surface area (Å²) >= 11 is 0. The number of benzene rings is 1. The Hall–Kier alpha value is -1.54. The van der Waals surface area contributed by atoms with E-state index >= 15 is 0 Å². The van der Waals surface area contributed by atoms with Gasteiger partial charge in [0.15, 0.2) is 4.90 Å². The van der Waals surface area contributed by atoms with E-state index in [0.29, 0.717) is 12.3 Å². The number of sulfonamides is 1. The van der Waals surface area contributed by atoms with Crippen LogP contribution in [0.25, 0.3) is 0 Å². The molecule has 6 nitrogen and oxygen atoms in total. The summed E-state index contributed by atoms with van der Waals surface area (Å²) in [4.78, 5) is 9.15. The highest BCUT2D eigenvalue weighted by Gasteiger charge is 2.28. The van der Waals surface area contributed by atoms with E-state index in [-0.39, 0.29) is 6.54 Å². The molecular formula is C13H19FN2O4S. The van der Waals surface area contributed by atoms with Crippen LogP contribution in [0, 0.1) is 21.8 Å². The maximum Gasteiger partial charge on any atom is 0.324 e. The van der Waals surface area contributed by atoms with Crippen LogP contribution in [-0.4, -0.2) is 19.9 Å². The van der Waals surface area contributed by atoms with Gasteiger partial charge in [-0.3, -0.25) is 10.1 Å². The predicted octanol–water partition coefficient (Wildman–Crippen LogP) is 2.84. The molecule has 0 amide bonds. The van der Waals surface area contributed by atoms with Gasteiger partial charge in [0.1, 0.15) is 0 Å². The van der Waals surface area contributed by atoms with Gasteiger partial charge in [-0.25, -0.2) is 13.1 Å². The summed E-state index contributed by atoms with van der Waals surface area (Å²) in [6.45, 7) is 4.31. The fourth-order valence-corrected chi connectivity index (χ4v) is 3.10. The van der Waals surface area contributed by atoms with Gasteiger partial charge in [-0.2, -0.15) is 4.39 Å². The number of hydrogen-bond acceptors (Lipinski definition) is 4. The molecule has 0 unspecified atom stereocenters. The normalized spacial score (nSPS) is 11.8. The molecule has 0 aliphatic heterocycles. The lowest BCUT2D eigenvalue weighted by Gasteiger charge is -2.08. The molecule has 1 aromatic rings. The second kappa shape index (κ2) is 7.46. The van der Waals surface area contributed by atoms with Crippen molar-refractivity contribution in [2.45, 2.75) is 38.0 Å². The van der Waals surface area contributed by atoms with E-state index in [1.54, 1.807) is 0 Å². The number of para-hydroxylation sites is 1. The lowest BCUT2D eigenvalue weighted by molar-refractivity contribution is -0.390. The van der Waals surface area contributed by atoms with Gasteiger partial charge in [-0.05, 0) is 24.5 Å². The van der Waals surface area contributed by atoms with Crippen molar-refractivity contribution < 1.29 is 17.7 Å². The Morgan fingerprint density at radius 2 is 2.00 bits per heavy atom. The second-order valence-corrected chi connectivity index (χ2v) is 6.87. The molecule has 0 heterocycles. The Bertz CT molecular complexity index is 602. The minimum atomic E-state index is -4.09. The van der Waals surface area contributed by atoms with Crippen molar-refractivity contribution >= 4 is 15.7 Å². The third kappa shape index (κ3) is 5.05. The molecule has 8 heteroatoms. The van der Waals surface area contributed by atoms with E-state index in [1.165, 1.54) is 0 Å². The Morgan fingerprint density at radius 3 is 2.57 bits per heavy atom. The SMILES string of the molecule is CC(C)CCCCNS(=O)(=O)c1cccc(F)c1[N+](=O)[O-]. The number of halogens is 1. The van der Waals surface area contributed by atoms with Crippen LogP contribution in [0.2, 0.25) is 0 Å². The van der Waals surface area contributed by atoms with E-state index in [4.69, 9.17) is 0 Å². The quantitative estimate of drug-likeness (QED) is 0.453. The number of nitrogens with zero attached hydrogens (tertiary/aromatic N) is 1. The van der Waals surface area contributed by atoms with E-state index in [1.807, 2.05) is 0 Å². The van der Waals surface area contributed by atoms with E-state index < -0.39 is 31.3 Å². The van der Waals surface area contributed by atoms with Crippen molar-refractivity contribution in [2.75, 3.05) is 6.54 Å². The summed E-state index contributed by atoms with van der Waals surface area (Å²) in [6.07, 6.45) is 2.45. The molecule has 0 aromatic heterocycles. The molecule has 21 heavy (non-hydrogen) atoms. The first-order valence-corrected chi connectivity index (χ1v) is 8.16. The van der Waals surface area contributed by atoms with Crippen LogP contribution in [0.3, 0.4) is 0 Å².